The van der Waals surface area contributed by atoms with Gasteiger partial charge >= 0.3 is 5.97 Å². The van der Waals surface area contributed by atoms with Crippen LogP contribution in [-0.2, 0) is 4.74 Å². The van der Waals surface area contributed by atoms with Crippen molar-refractivity contribution >= 4 is 52.4 Å². The first-order valence-corrected chi connectivity index (χ1v) is 12.8. The Bertz CT molecular complexity index is 1340. The molecule has 0 unspecified atom stereocenters. The Morgan fingerprint density at radius 2 is 1.63 bits per heavy atom. The monoisotopic (exact) mass is 555 g/mol. The van der Waals surface area contributed by atoms with Crippen molar-refractivity contribution in [1.29, 1.82) is 0 Å². The number of nitrogens with one attached hydrogen (secondary N) is 1. The number of rotatable bonds is 7. The van der Waals surface area contributed by atoms with E-state index in [1.54, 1.807) is 42.2 Å². The fourth-order valence-corrected chi connectivity index (χ4v) is 4.86. The number of ether oxygens (including phenoxy) is 2. The highest BCUT2D eigenvalue weighted by atomic mass is 35.5. The molecule has 3 aromatic carbocycles. The zero-order valence-electron chi connectivity index (χ0n) is 21.0. The van der Waals surface area contributed by atoms with Crippen molar-refractivity contribution in [2.24, 2.45) is 0 Å². The molecule has 3 aromatic rings. The Morgan fingerprint density at radius 3 is 2.29 bits per heavy atom. The molecule has 0 aromatic heterocycles. The third-order valence-electron chi connectivity index (χ3n) is 6.14. The van der Waals surface area contributed by atoms with Crippen molar-refractivity contribution in [2.75, 3.05) is 50.1 Å². The van der Waals surface area contributed by atoms with Gasteiger partial charge in [-0.1, -0.05) is 41.4 Å². The summed E-state index contributed by atoms with van der Waals surface area (Å²) in [4.78, 5) is 42.5. The number of esters is 1. The van der Waals surface area contributed by atoms with Gasteiger partial charge in [-0.25, -0.2) is 4.79 Å². The smallest absolute Gasteiger partial charge is 0.338 e. The van der Waals surface area contributed by atoms with Gasteiger partial charge in [0.2, 0.25) is 0 Å². The van der Waals surface area contributed by atoms with Crippen LogP contribution in [0.15, 0.2) is 60.7 Å². The molecule has 1 N–H and O–H groups in total. The lowest BCUT2D eigenvalue weighted by molar-refractivity contribution is 0.0526. The molecule has 0 radical (unpaired) electrons. The van der Waals surface area contributed by atoms with Crippen molar-refractivity contribution < 1.29 is 23.9 Å². The van der Waals surface area contributed by atoms with Crippen molar-refractivity contribution in [3.05, 3.63) is 87.4 Å². The second kappa shape index (κ2) is 12.2. The summed E-state index contributed by atoms with van der Waals surface area (Å²) in [6, 6.07) is 17.1. The number of benzene rings is 3. The van der Waals surface area contributed by atoms with Crippen LogP contribution in [0.1, 0.15) is 38.0 Å². The van der Waals surface area contributed by atoms with Crippen LogP contribution in [0.4, 0.5) is 11.4 Å². The van der Waals surface area contributed by atoms with E-state index >= 15 is 0 Å². The van der Waals surface area contributed by atoms with Gasteiger partial charge in [0.25, 0.3) is 11.8 Å². The highest BCUT2D eigenvalue weighted by Crippen LogP contribution is 2.34. The van der Waals surface area contributed by atoms with Crippen LogP contribution in [-0.4, -0.2) is 62.6 Å². The van der Waals surface area contributed by atoms with Gasteiger partial charge in [0.1, 0.15) is 5.75 Å². The first kappa shape index (κ1) is 27.3. The SMILES string of the molecule is CCOC(=O)c1ccc(N2CCN(C(=O)c3ccccc3)CC2)c(NC(=O)c2cc(Cl)cc(Cl)c2OC)c1. The average Bonchev–Trinajstić information content (AvgIpc) is 2.93. The molecule has 8 nitrogen and oxygen atoms in total. The minimum absolute atomic E-state index is 0.0265. The number of halogens is 2. The molecule has 0 saturated carbocycles. The summed E-state index contributed by atoms with van der Waals surface area (Å²) < 4.78 is 10.5. The van der Waals surface area contributed by atoms with Crippen LogP contribution in [0.25, 0.3) is 0 Å². The highest BCUT2D eigenvalue weighted by molar-refractivity contribution is 6.36. The molecule has 38 heavy (non-hydrogen) atoms. The van der Waals surface area contributed by atoms with E-state index in [2.05, 4.69) is 10.2 Å². The molecule has 1 heterocycles. The largest absolute Gasteiger partial charge is 0.494 e. The summed E-state index contributed by atoms with van der Waals surface area (Å²) in [7, 11) is 1.41. The molecular weight excluding hydrogens is 529 g/mol. The average molecular weight is 556 g/mol. The molecule has 10 heteroatoms. The lowest BCUT2D eigenvalue weighted by Crippen LogP contribution is -2.49. The lowest BCUT2D eigenvalue weighted by Gasteiger charge is -2.37. The van der Waals surface area contributed by atoms with E-state index in [1.807, 2.05) is 18.2 Å². The molecule has 0 atom stereocenters. The van der Waals surface area contributed by atoms with Crippen molar-refractivity contribution in [1.82, 2.24) is 4.90 Å². The van der Waals surface area contributed by atoms with Crippen LogP contribution in [0.5, 0.6) is 5.75 Å². The van der Waals surface area contributed by atoms with E-state index in [-0.39, 0.29) is 33.9 Å². The molecule has 198 valence electrons. The molecule has 1 aliphatic heterocycles. The first-order chi connectivity index (χ1) is 18.3. The highest BCUT2D eigenvalue weighted by Gasteiger charge is 2.25. The first-order valence-electron chi connectivity index (χ1n) is 12.1. The normalized spacial score (nSPS) is 13.2. The van der Waals surface area contributed by atoms with E-state index in [0.29, 0.717) is 48.7 Å². The minimum atomic E-state index is -0.508. The second-order valence-corrected chi connectivity index (χ2v) is 9.36. The maximum Gasteiger partial charge on any atom is 0.338 e. The summed E-state index contributed by atoms with van der Waals surface area (Å²) in [6.45, 7) is 4.01. The van der Waals surface area contributed by atoms with Crippen LogP contribution in [0, 0.1) is 0 Å². The molecule has 0 aliphatic carbocycles. The number of carbonyl (C=O) groups excluding carboxylic acids is 3. The number of amides is 2. The number of methoxy groups -OCH3 is 1. The van der Waals surface area contributed by atoms with Crippen molar-refractivity contribution in [3.63, 3.8) is 0 Å². The number of carbonyl (C=O) groups is 3. The molecular formula is C28H27Cl2N3O5. The molecule has 0 bridgehead atoms. The Balaban J connectivity index is 1.60. The lowest BCUT2D eigenvalue weighted by atomic mass is 10.1. The predicted molar refractivity (Wildman–Crippen MR) is 148 cm³/mol. The van der Waals surface area contributed by atoms with Gasteiger partial charge in [-0.05, 0) is 49.4 Å². The zero-order chi connectivity index (χ0) is 27.2. The summed E-state index contributed by atoms with van der Waals surface area (Å²) in [6.07, 6.45) is 0. The minimum Gasteiger partial charge on any atom is -0.494 e. The summed E-state index contributed by atoms with van der Waals surface area (Å²) >= 11 is 12.4. The van der Waals surface area contributed by atoms with Crippen molar-refractivity contribution in [2.45, 2.75) is 6.92 Å². The van der Waals surface area contributed by atoms with Crippen LogP contribution >= 0.6 is 23.2 Å². The number of nitrogens with zero attached hydrogens (tertiary/aromatic N) is 2. The number of hydrogen-bond acceptors (Lipinski definition) is 6. The van der Waals surface area contributed by atoms with Crippen molar-refractivity contribution in [3.8, 4) is 5.75 Å². The van der Waals surface area contributed by atoms with E-state index in [1.165, 1.54) is 19.2 Å². The summed E-state index contributed by atoms with van der Waals surface area (Å²) in [5, 5.41) is 3.36. The second-order valence-electron chi connectivity index (χ2n) is 8.52. The number of hydrogen-bond donors (Lipinski definition) is 1. The molecule has 1 fully saturated rings. The van der Waals surface area contributed by atoms with Gasteiger partial charge < -0.3 is 24.6 Å². The van der Waals surface area contributed by atoms with Crippen LogP contribution in [0.2, 0.25) is 10.0 Å². The van der Waals surface area contributed by atoms with E-state index in [4.69, 9.17) is 32.7 Å². The van der Waals surface area contributed by atoms with Gasteiger partial charge in [0.05, 0.1) is 41.2 Å². The summed E-state index contributed by atoms with van der Waals surface area (Å²) in [5.41, 5.74) is 2.18. The van der Waals surface area contributed by atoms with Crippen LogP contribution in [0.3, 0.4) is 0 Å². The van der Waals surface area contributed by atoms with Gasteiger partial charge in [-0.2, -0.15) is 0 Å². The molecule has 1 aliphatic rings. The Kier molecular flexibility index (Phi) is 8.76. The third-order valence-corrected chi connectivity index (χ3v) is 6.64. The van der Waals surface area contributed by atoms with Gasteiger partial charge in [-0.3, -0.25) is 9.59 Å². The fraction of sp³-hybridized carbons (Fsp3) is 0.250. The molecule has 0 spiro atoms. The van der Waals surface area contributed by atoms with Gasteiger partial charge in [-0.15, -0.1) is 0 Å². The molecule has 1 saturated heterocycles. The fourth-order valence-electron chi connectivity index (χ4n) is 4.29. The maximum absolute atomic E-state index is 13.3. The Morgan fingerprint density at radius 1 is 0.921 bits per heavy atom. The van der Waals surface area contributed by atoms with Crippen LogP contribution < -0.4 is 15.0 Å². The number of piperazine rings is 1. The summed E-state index contributed by atoms with van der Waals surface area (Å²) in [5.74, 6) is -0.853. The topological polar surface area (TPSA) is 88.2 Å². The van der Waals surface area contributed by atoms with Gasteiger partial charge in [0, 0.05) is 36.8 Å². The third kappa shape index (κ3) is 6.03. The van der Waals surface area contributed by atoms with E-state index in [0.717, 1.165) is 0 Å². The quantitative estimate of drug-likeness (QED) is 0.393. The number of anilines is 2. The zero-order valence-corrected chi connectivity index (χ0v) is 22.5. The molecule has 2 amide bonds. The maximum atomic E-state index is 13.3. The van der Waals surface area contributed by atoms with E-state index in [9.17, 15) is 14.4 Å². The predicted octanol–water partition coefficient (Wildman–Crippen LogP) is 5.39. The standard InChI is InChI=1S/C28H27Cl2N3O5/c1-3-38-28(36)19-9-10-24(32-11-13-33(14-12-32)27(35)18-7-5-4-6-8-18)23(15-19)31-26(34)21-16-20(29)17-22(30)25(21)37-2/h4-10,15-17H,3,11-14H2,1-2H3,(H,31,34). The van der Waals surface area contributed by atoms with E-state index < -0.39 is 11.9 Å². The Hall–Kier alpha value is -3.75. The van der Waals surface area contributed by atoms with Gasteiger partial charge in [0.15, 0.2) is 0 Å². The molecule has 4 rings (SSSR count). The Labute approximate surface area is 231 Å².